The molecule has 0 aliphatic rings. The summed E-state index contributed by atoms with van der Waals surface area (Å²) in [6.45, 7) is 0. The molecule has 8 heteroatoms. The summed E-state index contributed by atoms with van der Waals surface area (Å²) in [6.07, 6.45) is 1.39. The molecule has 29 heavy (non-hydrogen) atoms. The van der Waals surface area contributed by atoms with Crippen molar-refractivity contribution >= 4 is 57.2 Å². The van der Waals surface area contributed by atoms with Crippen LogP contribution in [0.1, 0.15) is 26.3 Å². The van der Waals surface area contributed by atoms with Crippen LogP contribution in [0.2, 0.25) is 10.0 Å². The predicted octanol–water partition coefficient (Wildman–Crippen LogP) is 5.74. The number of hydrogen-bond acceptors (Lipinski definition) is 4. The summed E-state index contributed by atoms with van der Waals surface area (Å²) >= 11 is 15.0. The molecule has 0 radical (unpaired) electrons. The third kappa shape index (κ3) is 5.90. The quantitative estimate of drug-likeness (QED) is 0.214. The minimum Gasteiger partial charge on any atom is -0.422 e. The van der Waals surface area contributed by atoms with E-state index in [1.165, 1.54) is 6.21 Å². The van der Waals surface area contributed by atoms with Gasteiger partial charge < -0.3 is 4.74 Å². The average Bonchev–Trinajstić information content (AvgIpc) is 2.70. The van der Waals surface area contributed by atoms with Crippen molar-refractivity contribution in [2.75, 3.05) is 0 Å². The maximum atomic E-state index is 12.4. The molecule has 0 aliphatic carbocycles. The van der Waals surface area contributed by atoms with E-state index in [2.05, 4.69) is 26.5 Å². The second kappa shape index (κ2) is 9.69. The number of nitrogens with zero attached hydrogens (tertiary/aromatic N) is 1. The van der Waals surface area contributed by atoms with Crippen molar-refractivity contribution in [3.8, 4) is 5.75 Å². The number of rotatable bonds is 5. The Morgan fingerprint density at radius 1 is 0.897 bits per heavy atom. The Bertz CT molecular complexity index is 1070. The van der Waals surface area contributed by atoms with Crippen LogP contribution in [0.5, 0.6) is 5.75 Å². The van der Waals surface area contributed by atoms with Crippen molar-refractivity contribution in [1.82, 2.24) is 5.43 Å². The maximum Gasteiger partial charge on any atom is 0.343 e. The molecule has 0 unspecified atom stereocenters. The molecule has 1 N–H and O–H groups in total. The van der Waals surface area contributed by atoms with Crippen LogP contribution in [0.4, 0.5) is 0 Å². The van der Waals surface area contributed by atoms with E-state index in [4.69, 9.17) is 27.9 Å². The fourth-order valence-electron chi connectivity index (χ4n) is 2.28. The zero-order valence-corrected chi connectivity index (χ0v) is 17.8. The number of benzene rings is 3. The molecule has 0 heterocycles. The Hall–Kier alpha value is -2.67. The van der Waals surface area contributed by atoms with Crippen LogP contribution in [-0.4, -0.2) is 18.1 Å². The van der Waals surface area contributed by atoms with Gasteiger partial charge in [0.1, 0.15) is 5.75 Å². The minimum absolute atomic E-state index is 0.289. The highest BCUT2D eigenvalue weighted by atomic mass is 79.9. The Morgan fingerprint density at radius 2 is 1.48 bits per heavy atom. The molecule has 3 aromatic rings. The van der Waals surface area contributed by atoms with Gasteiger partial charge in [-0.15, -0.1) is 0 Å². The fraction of sp³-hybridized carbons (Fsp3) is 0. The Balaban J connectivity index is 1.73. The van der Waals surface area contributed by atoms with Crippen molar-refractivity contribution in [3.05, 3.63) is 97.9 Å². The number of esters is 1. The zero-order valence-electron chi connectivity index (χ0n) is 14.7. The maximum absolute atomic E-state index is 12.4. The Kier molecular flexibility index (Phi) is 7.04. The van der Waals surface area contributed by atoms with Crippen LogP contribution in [0.15, 0.2) is 76.3 Å². The summed E-state index contributed by atoms with van der Waals surface area (Å²) in [7, 11) is 0. The van der Waals surface area contributed by atoms with Crippen molar-refractivity contribution in [3.63, 3.8) is 0 Å². The lowest BCUT2D eigenvalue weighted by atomic mass is 10.2. The molecule has 0 fully saturated rings. The van der Waals surface area contributed by atoms with Crippen molar-refractivity contribution in [2.45, 2.75) is 0 Å². The smallest absolute Gasteiger partial charge is 0.343 e. The summed E-state index contributed by atoms with van der Waals surface area (Å²) in [5.41, 5.74) is 3.69. The Labute approximate surface area is 185 Å². The molecule has 0 spiro atoms. The largest absolute Gasteiger partial charge is 0.422 e. The summed E-state index contributed by atoms with van der Waals surface area (Å²) < 4.78 is 6.22. The third-order valence-corrected chi connectivity index (χ3v) is 4.73. The highest BCUT2D eigenvalue weighted by Crippen LogP contribution is 2.23. The highest BCUT2D eigenvalue weighted by Gasteiger charge is 2.12. The van der Waals surface area contributed by atoms with Gasteiger partial charge in [-0.2, -0.15) is 5.10 Å². The standard InChI is InChI=1S/C21H13BrCl2N2O3/c22-16-5-10-19(29-21(28)14-3-8-18(24)9-4-14)15(11-16)12-25-26-20(27)13-1-6-17(23)7-2-13/h1-12H,(H,26,27)/b25-12-. The van der Waals surface area contributed by atoms with Gasteiger partial charge in [-0.3, -0.25) is 4.79 Å². The summed E-state index contributed by atoms with van der Waals surface area (Å²) in [6, 6.07) is 17.8. The lowest BCUT2D eigenvalue weighted by molar-refractivity contribution is 0.0734. The van der Waals surface area contributed by atoms with Crippen LogP contribution in [0, 0.1) is 0 Å². The van der Waals surface area contributed by atoms with E-state index in [0.717, 1.165) is 4.47 Å². The molecule has 0 aliphatic heterocycles. The normalized spacial score (nSPS) is 10.7. The van der Waals surface area contributed by atoms with E-state index in [9.17, 15) is 9.59 Å². The van der Waals surface area contributed by atoms with Crippen LogP contribution >= 0.6 is 39.1 Å². The molecule has 0 bridgehead atoms. The second-order valence-electron chi connectivity index (χ2n) is 5.78. The molecule has 1 amide bonds. The van der Waals surface area contributed by atoms with Crippen LogP contribution in [-0.2, 0) is 0 Å². The summed E-state index contributed by atoms with van der Waals surface area (Å²) in [5.74, 6) is -0.644. The van der Waals surface area contributed by atoms with Crippen molar-refractivity contribution in [2.24, 2.45) is 5.10 Å². The number of carbonyl (C=O) groups excluding carboxylic acids is 2. The SMILES string of the molecule is O=C(N/N=C\c1cc(Br)ccc1OC(=O)c1ccc(Cl)cc1)c1ccc(Cl)cc1. The van der Waals surface area contributed by atoms with Crippen LogP contribution in [0.25, 0.3) is 0 Å². The lowest BCUT2D eigenvalue weighted by Gasteiger charge is -2.08. The van der Waals surface area contributed by atoms with E-state index in [1.54, 1.807) is 66.7 Å². The molecule has 3 rings (SSSR count). The zero-order chi connectivity index (χ0) is 20.8. The van der Waals surface area contributed by atoms with Crippen LogP contribution < -0.4 is 10.2 Å². The first kappa shape index (κ1) is 21.0. The van der Waals surface area contributed by atoms with E-state index in [0.29, 0.717) is 26.7 Å². The molecule has 0 atom stereocenters. The van der Waals surface area contributed by atoms with Gasteiger partial charge in [-0.05, 0) is 66.7 Å². The number of nitrogens with one attached hydrogen (secondary N) is 1. The number of amides is 1. The van der Waals surface area contributed by atoms with Gasteiger partial charge in [0.2, 0.25) is 0 Å². The monoisotopic (exact) mass is 490 g/mol. The second-order valence-corrected chi connectivity index (χ2v) is 7.57. The highest BCUT2D eigenvalue weighted by molar-refractivity contribution is 9.10. The minimum atomic E-state index is -0.538. The number of halogens is 3. The molecule has 3 aromatic carbocycles. The molecule has 0 saturated heterocycles. The van der Waals surface area contributed by atoms with Crippen LogP contribution in [0.3, 0.4) is 0 Å². The van der Waals surface area contributed by atoms with Gasteiger partial charge in [-0.25, -0.2) is 10.2 Å². The fourth-order valence-corrected chi connectivity index (χ4v) is 2.91. The first-order valence-corrected chi connectivity index (χ1v) is 9.83. The van der Waals surface area contributed by atoms with Gasteiger partial charge in [0.05, 0.1) is 11.8 Å². The van der Waals surface area contributed by atoms with E-state index >= 15 is 0 Å². The number of hydrogen-bond donors (Lipinski definition) is 1. The lowest BCUT2D eigenvalue weighted by Crippen LogP contribution is -2.17. The van der Waals surface area contributed by atoms with Gasteiger partial charge in [0, 0.05) is 25.6 Å². The van der Waals surface area contributed by atoms with Gasteiger partial charge >= 0.3 is 5.97 Å². The Morgan fingerprint density at radius 3 is 2.10 bits per heavy atom. The number of hydrazone groups is 1. The predicted molar refractivity (Wildman–Crippen MR) is 117 cm³/mol. The van der Waals surface area contributed by atoms with Crippen molar-refractivity contribution in [1.29, 1.82) is 0 Å². The molecule has 0 aromatic heterocycles. The first-order chi connectivity index (χ1) is 13.9. The van der Waals surface area contributed by atoms with E-state index < -0.39 is 11.9 Å². The molecular weight excluding hydrogens is 479 g/mol. The van der Waals surface area contributed by atoms with Gasteiger partial charge in [-0.1, -0.05) is 39.1 Å². The topological polar surface area (TPSA) is 67.8 Å². The number of carbonyl (C=O) groups is 2. The van der Waals surface area contributed by atoms with E-state index in [-0.39, 0.29) is 5.75 Å². The molecule has 146 valence electrons. The molecule has 5 nitrogen and oxygen atoms in total. The first-order valence-electron chi connectivity index (χ1n) is 8.28. The summed E-state index contributed by atoms with van der Waals surface area (Å²) in [5, 5.41) is 5.00. The molecular formula is C21H13BrCl2N2O3. The van der Waals surface area contributed by atoms with Crippen molar-refractivity contribution < 1.29 is 14.3 Å². The van der Waals surface area contributed by atoms with E-state index in [1.807, 2.05) is 0 Å². The number of ether oxygens (including phenoxy) is 1. The molecule has 0 saturated carbocycles. The third-order valence-electron chi connectivity index (χ3n) is 3.73. The van der Waals surface area contributed by atoms with Gasteiger partial charge in [0.25, 0.3) is 5.91 Å². The summed E-state index contributed by atoms with van der Waals surface area (Å²) in [4.78, 5) is 24.5. The van der Waals surface area contributed by atoms with Gasteiger partial charge in [0.15, 0.2) is 0 Å². The average molecular weight is 492 g/mol.